The van der Waals surface area contributed by atoms with Crippen LogP contribution in [0.1, 0.15) is 25.5 Å². The molecule has 5 N–H and O–H groups in total. The van der Waals surface area contributed by atoms with Gasteiger partial charge in [0, 0.05) is 41.9 Å². The number of benzene rings is 2. The van der Waals surface area contributed by atoms with Gasteiger partial charge in [-0.25, -0.2) is 23.9 Å². The van der Waals surface area contributed by atoms with E-state index in [9.17, 15) is 14.0 Å². The zero-order chi connectivity index (χ0) is 23.7. The first-order chi connectivity index (χ1) is 15.2. The summed E-state index contributed by atoms with van der Waals surface area (Å²) in [6.45, 7) is 5.28. The summed E-state index contributed by atoms with van der Waals surface area (Å²) in [5.74, 6) is -1.93. The van der Waals surface area contributed by atoms with Crippen molar-refractivity contribution in [2.24, 2.45) is 5.73 Å². The van der Waals surface area contributed by atoms with Crippen molar-refractivity contribution in [2.45, 2.75) is 19.8 Å². The van der Waals surface area contributed by atoms with Crippen molar-refractivity contribution in [3.63, 3.8) is 0 Å². The van der Waals surface area contributed by atoms with Gasteiger partial charge in [-0.1, -0.05) is 38.1 Å². The van der Waals surface area contributed by atoms with Crippen LogP contribution < -0.4 is 11.1 Å². The van der Waals surface area contributed by atoms with Gasteiger partial charge in [0.25, 0.3) is 0 Å². The molecular formula is C23H25FN4O4. The number of nitrogens with zero attached hydrogens (tertiary/aromatic N) is 2. The van der Waals surface area contributed by atoms with Crippen molar-refractivity contribution in [3.05, 3.63) is 66.1 Å². The predicted molar refractivity (Wildman–Crippen MR) is 121 cm³/mol. The van der Waals surface area contributed by atoms with Gasteiger partial charge in [0.2, 0.25) is 5.95 Å². The van der Waals surface area contributed by atoms with E-state index < -0.39 is 11.9 Å². The quantitative estimate of drug-likeness (QED) is 0.409. The first kappa shape index (κ1) is 24.4. The smallest absolute Gasteiger partial charge is 0.328 e. The van der Waals surface area contributed by atoms with Gasteiger partial charge in [0.05, 0.1) is 5.69 Å². The molecular weight excluding hydrogens is 415 g/mol. The molecule has 3 aromatic rings. The molecule has 0 bridgehead atoms. The molecule has 8 nitrogen and oxygen atoms in total. The minimum atomic E-state index is -1.26. The third-order valence-electron chi connectivity index (χ3n) is 4.28. The lowest BCUT2D eigenvalue weighted by molar-refractivity contribution is -0.134. The molecule has 0 aliphatic heterocycles. The monoisotopic (exact) mass is 440 g/mol. The number of nitrogens with one attached hydrogen (secondary N) is 1. The summed E-state index contributed by atoms with van der Waals surface area (Å²) in [4.78, 5) is 28.3. The van der Waals surface area contributed by atoms with Crippen LogP contribution in [0, 0.1) is 5.82 Å². The number of carboxylic acid groups (broad SMARTS) is 2. The number of aromatic nitrogens is 2. The van der Waals surface area contributed by atoms with Gasteiger partial charge in [-0.15, -0.1) is 0 Å². The Morgan fingerprint density at radius 1 is 1.06 bits per heavy atom. The van der Waals surface area contributed by atoms with Crippen LogP contribution >= 0.6 is 0 Å². The second-order valence-corrected chi connectivity index (χ2v) is 7.02. The van der Waals surface area contributed by atoms with Crippen molar-refractivity contribution >= 4 is 28.7 Å². The first-order valence-corrected chi connectivity index (χ1v) is 9.87. The van der Waals surface area contributed by atoms with Crippen LogP contribution in [0.4, 0.5) is 10.3 Å². The number of halogens is 1. The highest BCUT2D eigenvalue weighted by atomic mass is 19.1. The summed E-state index contributed by atoms with van der Waals surface area (Å²) in [6, 6.07) is 12.7. The summed E-state index contributed by atoms with van der Waals surface area (Å²) in [5, 5.41) is 20.2. The number of rotatable bonds is 7. The van der Waals surface area contributed by atoms with E-state index in [1.165, 1.54) is 6.07 Å². The molecule has 0 amide bonds. The maximum Gasteiger partial charge on any atom is 0.328 e. The number of carbonyl (C=O) groups is 2. The molecule has 0 fully saturated rings. The van der Waals surface area contributed by atoms with Crippen molar-refractivity contribution in [2.75, 3.05) is 18.4 Å². The van der Waals surface area contributed by atoms with E-state index in [1.807, 2.05) is 24.3 Å². The fraction of sp³-hybridized carbons (Fsp3) is 0.217. The van der Waals surface area contributed by atoms with Gasteiger partial charge in [0.1, 0.15) is 5.82 Å². The lowest BCUT2D eigenvalue weighted by atomic mass is 10.00. The largest absolute Gasteiger partial charge is 0.478 e. The molecule has 32 heavy (non-hydrogen) atoms. The van der Waals surface area contributed by atoms with E-state index in [1.54, 1.807) is 12.1 Å². The SMILES string of the molecule is CC(C)c1cc(-c2ccc(F)c3ccccc23)nc(NCCN)n1.O=C(O)/C=C/C(=O)O. The van der Waals surface area contributed by atoms with Gasteiger partial charge in [0.15, 0.2) is 0 Å². The van der Waals surface area contributed by atoms with E-state index in [4.69, 9.17) is 15.9 Å². The highest BCUT2D eigenvalue weighted by Crippen LogP contribution is 2.31. The highest BCUT2D eigenvalue weighted by molar-refractivity contribution is 5.96. The van der Waals surface area contributed by atoms with Gasteiger partial charge in [-0.05, 0) is 29.5 Å². The zero-order valence-corrected chi connectivity index (χ0v) is 17.7. The third kappa shape index (κ3) is 6.85. The van der Waals surface area contributed by atoms with Crippen LogP contribution in [0.15, 0.2) is 54.6 Å². The van der Waals surface area contributed by atoms with Crippen molar-refractivity contribution < 1.29 is 24.2 Å². The normalized spacial score (nSPS) is 10.8. The lowest BCUT2D eigenvalue weighted by Gasteiger charge is -2.13. The van der Waals surface area contributed by atoms with Crippen LogP contribution in [0.2, 0.25) is 0 Å². The Morgan fingerprint density at radius 3 is 2.25 bits per heavy atom. The second kappa shape index (κ2) is 11.5. The molecule has 0 saturated carbocycles. The fourth-order valence-electron chi connectivity index (χ4n) is 2.79. The van der Waals surface area contributed by atoms with Crippen LogP contribution in [-0.2, 0) is 9.59 Å². The minimum Gasteiger partial charge on any atom is -0.478 e. The highest BCUT2D eigenvalue weighted by Gasteiger charge is 2.13. The summed E-state index contributed by atoms with van der Waals surface area (Å²) in [6.07, 6.45) is 1.12. The molecule has 1 heterocycles. The Kier molecular flexibility index (Phi) is 8.79. The third-order valence-corrected chi connectivity index (χ3v) is 4.28. The molecule has 0 atom stereocenters. The molecule has 0 unspecified atom stereocenters. The molecule has 1 aromatic heterocycles. The maximum atomic E-state index is 14.1. The molecule has 0 saturated heterocycles. The predicted octanol–water partition coefficient (Wildman–Crippen LogP) is 3.64. The number of hydrogen-bond acceptors (Lipinski definition) is 6. The maximum absolute atomic E-state index is 14.1. The number of anilines is 1. The summed E-state index contributed by atoms with van der Waals surface area (Å²) < 4.78 is 14.1. The van der Waals surface area contributed by atoms with Gasteiger partial charge in [-0.3, -0.25) is 0 Å². The van der Waals surface area contributed by atoms with E-state index in [0.717, 1.165) is 22.3 Å². The molecule has 3 rings (SSSR count). The molecule has 2 aromatic carbocycles. The summed E-state index contributed by atoms with van der Waals surface area (Å²) >= 11 is 0. The van der Waals surface area contributed by atoms with E-state index in [0.29, 0.717) is 36.6 Å². The molecule has 168 valence electrons. The molecule has 0 aliphatic carbocycles. The van der Waals surface area contributed by atoms with Gasteiger partial charge < -0.3 is 21.3 Å². The van der Waals surface area contributed by atoms with E-state index in [-0.39, 0.29) is 11.7 Å². The number of aliphatic carboxylic acids is 2. The average molecular weight is 440 g/mol. The lowest BCUT2D eigenvalue weighted by Crippen LogP contribution is -2.15. The summed E-state index contributed by atoms with van der Waals surface area (Å²) in [7, 11) is 0. The van der Waals surface area contributed by atoms with Crippen molar-refractivity contribution in [1.29, 1.82) is 0 Å². The van der Waals surface area contributed by atoms with Crippen LogP contribution in [0.5, 0.6) is 0 Å². The van der Waals surface area contributed by atoms with Crippen molar-refractivity contribution in [1.82, 2.24) is 9.97 Å². The Hall–Kier alpha value is -3.85. The van der Waals surface area contributed by atoms with Gasteiger partial charge >= 0.3 is 11.9 Å². The summed E-state index contributed by atoms with van der Waals surface area (Å²) in [5.41, 5.74) is 8.17. The van der Waals surface area contributed by atoms with Crippen LogP contribution in [0.3, 0.4) is 0 Å². The van der Waals surface area contributed by atoms with Crippen LogP contribution in [0.25, 0.3) is 22.0 Å². The Balaban J connectivity index is 0.000000390. The van der Waals surface area contributed by atoms with Gasteiger partial charge in [-0.2, -0.15) is 0 Å². The molecule has 0 aliphatic rings. The second-order valence-electron chi connectivity index (χ2n) is 7.02. The standard InChI is InChI=1S/C19H21FN4.C4H4O4/c1-12(2)17-11-18(24-19(23-17)22-10-9-21)15-7-8-16(20)14-6-4-3-5-13(14)15;5-3(6)1-2-4(7)8/h3-8,11-12H,9-10,21H2,1-2H3,(H,22,23,24);1-2H,(H,5,6)(H,7,8)/b;2-1+. The Bertz CT molecular complexity index is 1120. The molecule has 0 spiro atoms. The van der Waals surface area contributed by atoms with E-state index >= 15 is 0 Å². The number of fused-ring (bicyclic) bond motifs is 1. The zero-order valence-electron chi connectivity index (χ0n) is 17.7. The Morgan fingerprint density at radius 2 is 1.69 bits per heavy atom. The molecule has 0 radical (unpaired) electrons. The minimum absolute atomic E-state index is 0.228. The van der Waals surface area contributed by atoms with Crippen molar-refractivity contribution in [3.8, 4) is 11.3 Å². The number of nitrogens with two attached hydrogens (primary N) is 1. The van der Waals surface area contributed by atoms with Crippen LogP contribution in [-0.4, -0.2) is 45.2 Å². The average Bonchev–Trinajstić information content (AvgIpc) is 2.77. The topological polar surface area (TPSA) is 138 Å². The molecule has 9 heteroatoms. The number of carboxylic acids is 2. The Labute approximate surface area is 184 Å². The number of hydrogen-bond donors (Lipinski definition) is 4. The van der Waals surface area contributed by atoms with E-state index in [2.05, 4.69) is 29.1 Å². The first-order valence-electron chi connectivity index (χ1n) is 9.87. The fourth-order valence-corrected chi connectivity index (χ4v) is 2.79.